The van der Waals surface area contributed by atoms with E-state index < -0.39 is 11.9 Å². The van der Waals surface area contributed by atoms with E-state index in [1.54, 1.807) is 12.1 Å². The van der Waals surface area contributed by atoms with Crippen LogP contribution in [0.3, 0.4) is 0 Å². The van der Waals surface area contributed by atoms with Gasteiger partial charge in [-0.1, -0.05) is 41.9 Å². The molecule has 0 aromatic heterocycles. The maximum Gasteiger partial charge on any atom is 0.308 e. The molecule has 0 amide bonds. The predicted molar refractivity (Wildman–Crippen MR) is 83.8 cm³/mol. The van der Waals surface area contributed by atoms with E-state index in [0.717, 1.165) is 17.7 Å². The molecule has 0 radical (unpaired) electrons. The van der Waals surface area contributed by atoms with Gasteiger partial charge in [0.25, 0.3) is 0 Å². The van der Waals surface area contributed by atoms with Crippen molar-refractivity contribution in [3.05, 3.63) is 64.7 Å². The number of rotatable bonds is 4. The van der Waals surface area contributed by atoms with Crippen molar-refractivity contribution < 1.29 is 9.90 Å². The minimum atomic E-state index is -0.768. The first-order chi connectivity index (χ1) is 10.1. The van der Waals surface area contributed by atoms with Gasteiger partial charge in [-0.25, -0.2) is 0 Å². The number of halogens is 1. The Labute approximate surface area is 128 Å². The zero-order chi connectivity index (χ0) is 14.8. The molecule has 0 aliphatic carbocycles. The summed E-state index contributed by atoms with van der Waals surface area (Å²) in [5, 5.41) is 13.6. The van der Waals surface area contributed by atoms with Crippen LogP contribution in [0.4, 0.5) is 5.69 Å². The number of benzene rings is 2. The molecule has 4 heteroatoms. The van der Waals surface area contributed by atoms with Crippen molar-refractivity contribution in [2.45, 2.75) is 18.9 Å². The van der Waals surface area contributed by atoms with Crippen LogP contribution in [0.1, 0.15) is 11.1 Å². The highest BCUT2D eigenvalue weighted by atomic mass is 35.5. The number of carboxylic acid groups (broad SMARTS) is 1. The fourth-order valence-corrected chi connectivity index (χ4v) is 2.97. The molecule has 1 aliphatic heterocycles. The molecule has 21 heavy (non-hydrogen) atoms. The van der Waals surface area contributed by atoms with Crippen LogP contribution in [-0.4, -0.2) is 17.1 Å². The monoisotopic (exact) mass is 301 g/mol. The molecule has 0 bridgehead atoms. The van der Waals surface area contributed by atoms with E-state index in [1.165, 1.54) is 5.56 Å². The van der Waals surface area contributed by atoms with Gasteiger partial charge in [0.2, 0.25) is 0 Å². The molecule has 2 aromatic carbocycles. The summed E-state index contributed by atoms with van der Waals surface area (Å²) >= 11 is 5.87. The molecule has 2 aromatic rings. The molecule has 0 saturated carbocycles. The Bertz CT molecular complexity index is 629. The molecule has 3 nitrogen and oxygen atoms in total. The summed E-state index contributed by atoms with van der Waals surface area (Å²) in [6.07, 6.45) is 1.25. The van der Waals surface area contributed by atoms with Crippen molar-refractivity contribution in [1.82, 2.24) is 0 Å². The molecular weight excluding hydrogens is 286 g/mol. The molecule has 2 atom stereocenters. The Morgan fingerprint density at radius 2 is 1.95 bits per heavy atom. The van der Waals surface area contributed by atoms with Gasteiger partial charge in [-0.2, -0.15) is 0 Å². The summed E-state index contributed by atoms with van der Waals surface area (Å²) in [7, 11) is 0. The maximum atomic E-state index is 11.6. The number of carboxylic acids is 1. The van der Waals surface area contributed by atoms with E-state index in [4.69, 9.17) is 11.6 Å². The Morgan fingerprint density at radius 3 is 2.62 bits per heavy atom. The van der Waals surface area contributed by atoms with Crippen LogP contribution < -0.4 is 5.32 Å². The van der Waals surface area contributed by atoms with Crippen molar-refractivity contribution in [2.24, 2.45) is 5.92 Å². The number of aliphatic carboxylic acids is 1. The fourth-order valence-electron chi connectivity index (χ4n) is 2.85. The molecule has 0 saturated heterocycles. The summed E-state index contributed by atoms with van der Waals surface area (Å²) in [6.45, 7) is 0. The smallest absolute Gasteiger partial charge is 0.308 e. The van der Waals surface area contributed by atoms with Gasteiger partial charge >= 0.3 is 5.97 Å². The van der Waals surface area contributed by atoms with E-state index in [2.05, 4.69) is 5.32 Å². The number of nitrogens with one attached hydrogen (secondary N) is 1. The number of hydrogen-bond acceptors (Lipinski definition) is 2. The van der Waals surface area contributed by atoms with Crippen molar-refractivity contribution in [3.63, 3.8) is 0 Å². The SMILES string of the molecule is O=C(O)C(Cc1ccc(Cl)cc1)C1Cc2ccccc2N1. The third-order valence-corrected chi connectivity index (χ3v) is 4.22. The molecule has 2 unspecified atom stereocenters. The number of anilines is 1. The minimum absolute atomic E-state index is 0.0735. The summed E-state index contributed by atoms with van der Waals surface area (Å²) in [6, 6.07) is 15.3. The van der Waals surface area contributed by atoms with E-state index in [-0.39, 0.29) is 6.04 Å². The van der Waals surface area contributed by atoms with Crippen molar-refractivity contribution in [1.29, 1.82) is 0 Å². The highest BCUT2D eigenvalue weighted by Gasteiger charge is 2.32. The van der Waals surface area contributed by atoms with Gasteiger partial charge in [0.15, 0.2) is 0 Å². The van der Waals surface area contributed by atoms with Crippen LogP contribution >= 0.6 is 11.6 Å². The summed E-state index contributed by atoms with van der Waals surface area (Å²) in [5.41, 5.74) is 3.22. The lowest BCUT2D eigenvalue weighted by molar-refractivity contribution is -0.142. The van der Waals surface area contributed by atoms with Crippen LogP contribution in [0.5, 0.6) is 0 Å². The fraction of sp³-hybridized carbons (Fsp3) is 0.235. The largest absolute Gasteiger partial charge is 0.481 e. The second-order valence-electron chi connectivity index (χ2n) is 5.39. The van der Waals surface area contributed by atoms with E-state index in [1.807, 2.05) is 36.4 Å². The predicted octanol–water partition coefficient (Wildman–Crippen LogP) is 3.62. The maximum absolute atomic E-state index is 11.6. The van der Waals surface area contributed by atoms with Gasteiger partial charge in [-0.15, -0.1) is 0 Å². The van der Waals surface area contributed by atoms with Gasteiger partial charge in [0, 0.05) is 16.8 Å². The highest BCUT2D eigenvalue weighted by molar-refractivity contribution is 6.30. The lowest BCUT2D eigenvalue weighted by Gasteiger charge is -2.20. The normalized spacial score (nSPS) is 17.9. The standard InChI is InChI=1S/C17H16ClNO2/c18-13-7-5-11(6-8-13)9-14(17(20)21)16-10-12-3-1-2-4-15(12)19-16/h1-8,14,16,19H,9-10H2,(H,20,21). The van der Waals surface area contributed by atoms with Crippen molar-refractivity contribution in [2.75, 3.05) is 5.32 Å². The van der Waals surface area contributed by atoms with Crippen LogP contribution in [-0.2, 0) is 17.6 Å². The van der Waals surface area contributed by atoms with E-state index in [0.29, 0.717) is 11.4 Å². The zero-order valence-electron chi connectivity index (χ0n) is 11.4. The van der Waals surface area contributed by atoms with Crippen molar-refractivity contribution >= 4 is 23.3 Å². The van der Waals surface area contributed by atoms with Crippen LogP contribution in [0.2, 0.25) is 5.02 Å². The summed E-state index contributed by atoms with van der Waals surface area (Å²) in [4.78, 5) is 11.6. The molecule has 0 spiro atoms. The molecular formula is C17H16ClNO2. The van der Waals surface area contributed by atoms with Gasteiger partial charge in [-0.3, -0.25) is 4.79 Å². The molecule has 1 aliphatic rings. The third kappa shape index (κ3) is 3.03. The zero-order valence-corrected chi connectivity index (χ0v) is 12.2. The average Bonchev–Trinajstić information content (AvgIpc) is 2.89. The molecule has 2 N–H and O–H groups in total. The lowest BCUT2D eigenvalue weighted by atomic mass is 9.90. The van der Waals surface area contributed by atoms with Crippen LogP contribution in [0.25, 0.3) is 0 Å². The molecule has 0 fully saturated rings. The second kappa shape index (κ2) is 5.78. The van der Waals surface area contributed by atoms with Gasteiger partial charge in [0.1, 0.15) is 0 Å². The Morgan fingerprint density at radius 1 is 1.24 bits per heavy atom. The molecule has 108 valence electrons. The average molecular weight is 302 g/mol. The Kier molecular flexibility index (Phi) is 3.84. The number of hydrogen-bond donors (Lipinski definition) is 2. The third-order valence-electron chi connectivity index (χ3n) is 3.97. The summed E-state index contributed by atoms with van der Waals surface area (Å²) in [5.74, 6) is -1.23. The molecule has 3 rings (SSSR count). The topological polar surface area (TPSA) is 49.3 Å². The Hall–Kier alpha value is -2.00. The first-order valence-corrected chi connectivity index (χ1v) is 7.33. The second-order valence-corrected chi connectivity index (χ2v) is 5.82. The Balaban J connectivity index is 1.77. The lowest BCUT2D eigenvalue weighted by Crippen LogP contribution is -2.34. The van der Waals surface area contributed by atoms with Crippen LogP contribution in [0.15, 0.2) is 48.5 Å². The highest BCUT2D eigenvalue weighted by Crippen LogP contribution is 2.30. The number of carbonyl (C=O) groups is 1. The first kappa shape index (κ1) is 14.0. The van der Waals surface area contributed by atoms with Gasteiger partial charge in [-0.05, 0) is 42.2 Å². The van der Waals surface area contributed by atoms with Gasteiger partial charge in [0.05, 0.1) is 5.92 Å². The van der Waals surface area contributed by atoms with E-state index >= 15 is 0 Å². The summed E-state index contributed by atoms with van der Waals surface area (Å²) < 4.78 is 0. The van der Waals surface area contributed by atoms with Gasteiger partial charge < -0.3 is 10.4 Å². The minimum Gasteiger partial charge on any atom is -0.481 e. The number of fused-ring (bicyclic) bond motifs is 1. The molecule has 1 heterocycles. The van der Waals surface area contributed by atoms with E-state index in [9.17, 15) is 9.90 Å². The van der Waals surface area contributed by atoms with Crippen molar-refractivity contribution in [3.8, 4) is 0 Å². The first-order valence-electron chi connectivity index (χ1n) is 6.95. The number of para-hydroxylation sites is 1. The quantitative estimate of drug-likeness (QED) is 0.907. The van der Waals surface area contributed by atoms with Crippen LogP contribution in [0, 0.1) is 5.92 Å².